The van der Waals surface area contributed by atoms with Crippen molar-refractivity contribution >= 4 is 27.3 Å². The number of nitrogen functional groups attached to an aromatic ring is 1. The molecule has 0 aliphatic rings. The van der Waals surface area contributed by atoms with Crippen LogP contribution < -0.4 is 11.1 Å². The first-order valence-electron chi connectivity index (χ1n) is 4.95. The average Bonchev–Trinajstić information content (AvgIpc) is 2.23. The molecular weight excluding hydrogens is 256 g/mol. The number of anilines is 2. The van der Waals surface area contributed by atoms with Crippen molar-refractivity contribution in [3.8, 4) is 0 Å². The van der Waals surface area contributed by atoms with Crippen LogP contribution in [0.1, 0.15) is 20.3 Å². The quantitative estimate of drug-likeness (QED) is 0.739. The molecule has 4 N–H and O–H groups in total. The third-order valence-electron chi connectivity index (χ3n) is 2.58. The number of nitrogens with two attached hydrogens (primary N) is 1. The Labute approximate surface area is 98.8 Å². The van der Waals surface area contributed by atoms with E-state index in [4.69, 9.17) is 5.73 Å². The predicted octanol–water partition coefficient (Wildman–Crippen LogP) is 2.60. The van der Waals surface area contributed by atoms with Crippen LogP contribution in [0.15, 0.2) is 22.7 Å². The second-order valence-electron chi connectivity index (χ2n) is 3.93. The summed E-state index contributed by atoms with van der Waals surface area (Å²) < 4.78 is 0.968. The van der Waals surface area contributed by atoms with E-state index >= 15 is 0 Å². The summed E-state index contributed by atoms with van der Waals surface area (Å²) in [7, 11) is 0. The molecule has 0 spiro atoms. The van der Waals surface area contributed by atoms with Gasteiger partial charge in [-0.15, -0.1) is 0 Å². The van der Waals surface area contributed by atoms with E-state index in [0.29, 0.717) is 5.69 Å². The predicted molar refractivity (Wildman–Crippen MR) is 68.0 cm³/mol. The van der Waals surface area contributed by atoms with Gasteiger partial charge >= 0.3 is 0 Å². The Morgan fingerprint density at radius 3 is 2.73 bits per heavy atom. The number of hydrogen-bond acceptors (Lipinski definition) is 3. The fourth-order valence-electron chi connectivity index (χ4n) is 1.20. The zero-order chi connectivity index (χ0) is 11.5. The Balaban J connectivity index is 2.92. The van der Waals surface area contributed by atoms with Crippen LogP contribution in [0.4, 0.5) is 11.4 Å². The molecule has 1 atom stereocenters. The lowest BCUT2D eigenvalue weighted by Gasteiger charge is -2.29. The molecule has 0 saturated heterocycles. The summed E-state index contributed by atoms with van der Waals surface area (Å²) in [6.07, 6.45) is 0.829. The molecule has 0 saturated carbocycles. The van der Waals surface area contributed by atoms with E-state index in [9.17, 15) is 5.11 Å². The van der Waals surface area contributed by atoms with Crippen molar-refractivity contribution in [1.82, 2.24) is 0 Å². The first-order valence-corrected chi connectivity index (χ1v) is 5.74. The molecular formula is C11H17BrN2O. The highest BCUT2D eigenvalue weighted by Crippen LogP contribution is 2.27. The average molecular weight is 273 g/mol. The maximum Gasteiger partial charge on any atom is 0.0658 e. The molecule has 1 unspecified atom stereocenters. The van der Waals surface area contributed by atoms with Crippen LogP contribution in [-0.4, -0.2) is 17.3 Å². The zero-order valence-corrected chi connectivity index (χ0v) is 10.6. The number of rotatable bonds is 4. The van der Waals surface area contributed by atoms with Crippen molar-refractivity contribution in [3.05, 3.63) is 22.7 Å². The fourth-order valence-corrected chi connectivity index (χ4v) is 1.56. The molecule has 0 heterocycles. The molecule has 15 heavy (non-hydrogen) atoms. The molecule has 1 rings (SSSR count). The van der Waals surface area contributed by atoms with Crippen LogP contribution in [0.25, 0.3) is 0 Å². The summed E-state index contributed by atoms with van der Waals surface area (Å²) >= 11 is 3.39. The lowest BCUT2D eigenvalue weighted by atomic mass is 9.99. The lowest BCUT2D eigenvalue weighted by molar-refractivity contribution is 0.219. The second-order valence-corrected chi connectivity index (χ2v) is 4.84. The standard InChI is InChI=1S/C11H17BrN2O/c1-3-11(2,7-15)14-10-6-8(12)4-5-9(10)13/h4-6,14-15H,3,7,13H2,1-2H3. The van der Waals surface area contributed by atoms with Gasteiger partial charge in [-0.25, -0.2) is 0 Å². The van der Waals surface area contributed by atoms with Crippen LogP contribution in [-0.2, 0) is 0 Å². The fraction of sp³-hybridized carbons (Fsp3) is 0.455. The Morgan fingerprint density at radius 1 is 1.53 bits per heavy atom. The third kappa shape index (κ3) is 3.11. The maximum absolute atomic E-state index is 9.29. The van der Waals surface area contributed by atoms with Gasteiger partial charge in [-0.3, -0.25) is 0 Å². The molecule has 0 bridgehead atoms. The molecule has 0 amide bonds. The number of aliphatic hydroxyl groups excluding tert-OH is 1. The highest BCUT2D eigenvalue weighted by atomic mass is 79.9. The van der Waals surface area contributed by atoms with Gasteiger partial charge in [0.25, 0.3) is 0 Å². The molecule has 1 aromatic rings. The summed E-state index contributed by atoms with van der Waals surface area (Å²) in [5.41, 5.74) is 7.05. The van der Waals surface area contributed by atoms with E-state index < -0.39 is 0 Å². The van der Waals surface area contributed by atoms with Gasteiger partial charge in [-0.1, -0.05) is 22.9 Å². The topological polar surface area (TPSA) is 58.3 Å². The normalized spacial score (nSPS) is 14.7. The maximum atomic E-state index is 9.29. The Bertz CT molecular complexity index is 337. The first-order chi connectivity index (χ1) is 7.00. The number of hydrogen-bond donors (Lipinski definition) is 3. The van der Waals surface area contributed by atoms with Gasteiger partial charge in [0.1, 0.15) is 0 Å². The third-order valence-corrected chi connectivity index (χ3v) is 3.07. The Kier molecular flexibility index (Phi) is 3.99. The van der Waals surface area contributed by atoms with Crippen molar-refractivity contribution in [3.63, 3.8) is 0 Å². The van der Waals surface area contributed by atoms with Gasteiger partial charge in [-0.2, -0.15) is 0 Å². The highest BCUT2D eigenvalue weighted by molar-refractivity contribution is 9.10. The van der Waals surface area contributed by atoms with Gasteiger partial charge in [0.2, 0.25) is 0 Å². The zero-order valence-electron chi connectivity index (χ0n) is 9.05. The molecule has 0 aromatic heterocycles. The number of aliphatic hydroxyl groups is 1. The van der Waals surface area contributed by atoms with Gasteiger partial charge in [0.05, 0.1) is 23.5 Å². The molecule has 0 aliphatic carbocycles. The molecule has 3 nitrogen and oxygen atoms in total. The van der Waals surface area contributed by atoms with E-state index in [1.54, 1.807) is 0 Å². The molecule has 1 aromatic carbocycles. The van der Waals surface area contributed by atoms with E-state index in [1.165, 1.54) is 0 Å². The smallest absolute Gasteiger partial charge is 0.0658 e. The SMILES string of the molecule is CCC(C)(CO)Nc1cc(Br)ccc1N. The van der Waals surface area contributed by atoms with Gasteiger partial charge in [-0.05, 0) is 31.5 Å². The largest absolute Gasteiger partial charge is 0.397 e. The van der Waals surface area contributed by atoms with Gasteiger partial charge in [0, 0.05) is 4.47 Å². The van der Waals surface area contributed by atoms with Crippen LogP contribution >= 0.6 is 15.9 Å². The number of halogens is 1. The Morgan fingerprint density at radius 2 is 2.20 bits per heavy atom. The second kappa shape index (κ2) is 4.86. The van der Waals surface area contributed by atoms with Crippen LogP contribution in [0.2, 0.25) is 0 Å². The minimum absolute atomic E-state index is 0.0788. The van der Waals surface area contributed by atoms with Crippen LogP contribution in [0, 0.1) is 0 Å². The van der Waals surface area contributed by atoms with Crippen molar-refractivity contribution in [2.45, 2.75) is 25.8 Å². The molecule has 4 heteroatoms. The number of benzene rings is 1. The molecule has 0 radical (unpaired) electrons. The van der Waals surface area contributed by atoms with Crippen molar-refractivity contribution in [2.75, 3.05) is 17.7 Å². The molecule has 84 valence electrons. The minimum atomic E-state index is -0.324. The molecule has 0 fully saturated rings. The summed E-state index contributed by atoms with van der Waals surface area (Å²) in [6.45, 7) is 4.07. The van der Waals surface area contributed by atoms with Crippen molar-refractivity contribution in [2.24, 2.45) is 0 Å². The van der Waals surface area contributed by atoms with E-state index in [1.807, 2.05) is 32.0 Å². The Hall–Kier alpha value is -0.740. The van der Waals surface area contributed by atoms with E-state index in [2.05, 4.69) is 21.2 Å². The lowest BCUT2D eigenvalue weighted by Crippen LogP contribution is -2.38. The monoisotopic (exact) mass is 272 g/mol. The summed E-state index contributed by atoms with van der Waals surface area (Å²) in [6, 6.07) is 5.64. The van der Waals surface area contributed by atoms with Gasteiger partial charge in [0.15, 0.2) is 0 Å². The van der Waals surface area contributed by atoms with Crippen LogP contribution in [0.3, 0.4) is 0 Å². The highest BCUT2D eigenvalue weighted by Gasteiger charge is 2.21. The summed E-state index contributed by atoms with van der Waals surface area (Å²) in [5, 5.41) is 12.6. The van der Waals surface area contributed by atoms with Crippen molar-refractivity contribution in [1.29, 1.82) is 0 Å². The summed E-state index contributed by atoms with van der Waals surface area (Å²) in [4.78, 5) is 0. The van der Waals surface area contributed by atoms with Crippen molar-refractivity contribution < 1.29 is 5.11 Å². The van der Waals surface area contributed by atoms with E-state index in [0.717, 1.165) is 16.6 Å². The van der Waals surface area contributed by atoms with E-state index in [-0.39, 0.29) is 12.1 Å². The summed E-state index contributed by atoms with van der Waals surface area (Å²) in [5.74, 6) is 0. The number of nitrogens with one attached hydrogen (secondary N) is 1. The molecule has 0 aliphatic heterocycles. The first kappa shape index (κ1) is 12.3. The van der Waals surface area contributed by atoms with Crippen LogP contribution in [0.5, 0.6) is 0 Å². The minimum Gasteiger partial charge on any atom is -0.397 e. The van der Waals surface area contributed by atoms with Gasteiger partial charge < -0.3 is 16.2 Å².